The second-order valence-corrected chi connectivity index (χ2v) is 9.53. The van der Waals surface area contributed by atoms with Gasteiger partial charge in [-0.25, -0.2) is 4.98 Å². The predicted molar refractivity (Wildman–Crippen MR) is 140 cm³/mol. The first-order valence-corrected chi connectivity index (χ1v) is 12.2. The van der Waals surface area contributed by atoms with E-state index in [1.54, 1.807) is 43.2 Å². The van der Waals surface area contributed by atoms with E-state index in [1.807, 2.05) is 42.5 Å². The van der Waals surface area contributed by atoms with Crippen molar-refractivity contribution in [2.45, 2.75) is 13.5 Å². The quantitative estimate of drug-likeness (QED) is 0.231. The number of hydrogen-bond acceptors (Lipinski definition) is 6. The number of carbonyl (C=O) groups excluding carboxylic acids is 1. The highest BCUT2D eigenvalue weighted by molar-refractivity contribution is 7.23. The summed E-state index contributed by atoms with van der Waals surface area (Å²) in [5.41, 5.74) is 2.85. The van der Waals surface area contributed by atoms with Gasteiger partial charge in [-0.05, 0) is 30.7 Å². The van der Waals surface area contributed by atoms with Crippen LogP contribution in [0.25, 0.3) is 21.5 Å². The third-order valence-corrected chi connectivity index (χ3v) is 7.40. The minimum atomic E-state index is -0.309. The summed E-state index contributed by atoms with van der Waals surface area (Å²) < 4.78 is 11.7. The average molecular weight is 524 g/mol. The lowest BCUT2D eigenvalue weighted by molar-refractivity contribution is 0.0984. The van der Waals surface area contributed by atoms with Crippen LogP contribution in [0.1, 0.15) is 21.7 Å². The Labute approximate surface area is 215 Å². The third kappa shape index (κ3) is 4.38. The van der Waals surface area contributed by atoms with E-state index in [-0.39, 0.29) is 12.5 Å². The van der Waals surface area contributed by atoms with Gasteiger partial charge in [-0.2, -0.15) is 0 Å². The fourth-order valence-corrected chi connectivity index (χ4v) is 5.29. The molecule has 2 heterocycles. The number of aryl methyl sites for hydroxylation is 1. The van der Waals surface area contributed by atoms with Gasteiger partial charge in [-0.3, -0.25) is 9.69 Å². The number of ether oxygens (including phenoxy) is 1. The molecule has 1 amide bonds. The average Bonchev–Trinajstić information content (AvgIpc) is 3.48. The Kier molecular flexibility index (Phi) is 6.47. The number of anilines is 1. The Balaban J connectivity index is 1.67. The standard InChI is InChI=1S/C26H19Cl2N3O3S/c1-15-21(22(30-34-15)17-10-6-7-11-18(17)27)25(32)31(14-16-8-4-3-5-9-16)26-29-23-20(33-2)13-12-19(28)24(23)35-26/h3-13H,14H2,1-2H3. The van der Waals surface area contributed by atoms with Crippen LogP contribution in [0, 0.1) is 6.92 Å². The second kappa shape index (κ2) is 9.70. The van der Waals surface area contributed by atoms with Crippen LogP contribution in [-0.4, -0.2) is 23.2 Å². The minimum Gasteiger partial charge on any atom is -0.494 e. The van der Waals surface area contributed by atoms with E-state index in [0.717, 1.165) is 10.3 Å². The summed E-state index contributed by atoms with van der Waals surface area (Å²) in [6.45, 7) is 1.99. The van der Waals surface area contributed by atoms with Crippen molar-refractivity contribution in [2.24, 2.45) is 0 Å². The van der Waals surface area contributed by atoms with Crippen LogP contribution in [0.15, 0.2) is 71.3 Å². The summed E-state index contributed by atoms with van der Waals surface area (Å²) in [6.07, 6.45) is 0. The van der Waals surface area contributed by atoms with E-state index in [4.69, 9.17) is 37.4 Å². The summed E-state index contributed by atoms with van der Waals surface area (Å²) in [5, 5.41) is 5.66. The number of aromatic nitrogens is 2. The van der Waals surface area contributed by atoms with Gasteiger partial charge in [0, 0.05) is 5.56 Å². The Morgan fingerprint density at radius 3 is 2.51 bits per heavy atom. The molecule has 3 aromatic carbocycles. The topological polar surface area (TPSA) is 68.5 Å². The highest BCUT2D eigenvalue weighted by atomic mass is 35.5. The number of nitrogens with zero attached hydrogens (tertiary/aromatic N) is 3. The first kappa shape index (κ1) is 23.4. The number of benzene rings is 3. The van der Waals surface area contributed by atoms with E-state index in [0.29, 0.717) is 49.0 Å². The lowest BCUT2D eigenvalue weighted by atomic mass is 10.0. The number of rotatable bonds is 6. The van der Waals surface area contributed by atoms with Crippen molar-refractivity contribution in [3.63, 3.8) is 0 Å². The molecule has 5 aromatic rings. The molecule has 0 saturated carbocycles. The summed E-state index contributed by atoms with van der Waals surface area (Å²) in [6, 6.07) is 20.4. The molecule has 9 heteroatoms. The molecular weight excluding hydrogens is 505 g/mol. The molecule has 0 aliphatic carbocycles. The van der Waals surface area contributed by atoms with E-state index in [9.17, 15) is 4.79 Å². The normalized spacial score (nSPS) is 11.1. The molecule has 0 unspecified atom stereocenters. The van der Waals surface area contributed by atoms with E-state index < -0.39 is 0 Å². The molecule has 2 aromatic heterocycles. The Bertz CT molecular complexity index is 1530. The zero-order chi connectivity index (χ0) is 24.5. The van der Waals surface area contributed by atoms with Crippen LogP contribution >= 0.6 is 34.5 Å². The number of fused-ring (bicyclic) bond motifs is 1. The molecule has 0 atom stereocenters. The van der Waals surface area contributed by atoms with Gasteiger partial charge < -0.3 is 9.26 Å². The van der Waals surface area contributed by atoms with Gasteiger partial charge in [0.2, 0.25) is 0 Å². The van der Waals surface area contributed by atoms with Crippen molar-refractivity contribution in [3.05, 3.63) is 93.7 Å². The molecule has 35 heavy (non-hydrogen) atoms. The van der Waals surface area contributed by atoms with Gasteiger partial charge in [0.15, 0.2) is 5.13 Å². The summed E-state index contributed by atoms with van der Waals surface area (Å²) in [4.78, 5) is 20.5. The Morgan fingerprint density at radius 2 is 1.77 bits per heavy atom. The van der Waals surface area contributed by atoms with Crippen LogP contribution in [-0.2, 0) is 6.54 Å². The van der Waals surface area contributed by atoms with Gasteiger partial charge in [0.25, 0.3) is 5.91 Å². The van der Waals surface area contributed by atoms with Crippen molar-refractivity contribution in [1.82, 2.24) is 10.1 Å². The molecule has 0 fully saturated rings. The summed E-state index contributed by atoms with van der Waals surface area (Å²) >= 11 is 14.2. The van der Waals surface area contributed by atoms with E-state index >= 15 is 0 Å². The second-order valence-electron chi connectivity index (χ2n) is 7.74. The molecule has 6 nitrogen and oxygen atoms in total. The van der Waals surface area contributed by atoms with Crippen molar-refractivity contribution < 1.29 is 14.1 Å². The SMILES string of the molecule is COc1ccc(Cl)c2sc(N(Cc3ccccc3)C(=O)c3c(-c4ccccc4Cl)noc3C)nc12. The molecule has 0 N–H and O–H groups in total. The van der Waals surface area contributed by atoms with Crippen molar-refractivity contribution >= 4 is 55.8 Å². The van der Waals surface area contributed by atoms with Crippen LogP contribution in [0.5, 0.6) is 5.75 Å². The zero-order valence-electron chi connectivity index (χ0n) is 18.8. The molecule has 5 rings (SSSR count). The monoisotopic (exact) mass is 523 g/mol. The number of thiazole rings is 1. The summed E-state index contributed by atoms with van der Waals surface area (Å²) in [7, 11) is 1.57. The first-order valence-electron chi connectivity index (χ1n) is 10.7. The maximum Gasteiger partial charge on any atom is 0.266 e. The lowest BCUT2D eigenvalue weighted by Crippen LogP contribution is -2.31. The highest BCUT2D eigenvalue weighted by Crippen LogP contribution is 2.40. The number of methoxy groups -OCH3 is 1. The third-order valence-electron chi connectivity index (χ3n) is 5.53. The minimum absolute atomic E-state index is 0.284. The molecule has 0 spiro atoms. The fraction of sp³-hybridized carbons (Fsp3) is 0.115. The van der Waals surface area contributed by atoms with E-state index in [1.165, 1.54) is 11.3 Å². The largest absolute Gasteiger partial charge is 0.494 e. The molecule has 176 valence electrons. The van der Waals surface area contributed by atoms with Gasteiger partial charge in [0.1, 0.15) is 28.3 Å². The van der Waals surface area contributed by atoms with Gasteiger partial charge >= 0.3 is 0 Å². The molecule has 0 aliphatic rings. The molecular formula is C26H19Cl2N3O3S. The zero-order valence-corrected chi connectivity index (χ0v) is 21.1. The van der Waals surface area contributed by atoms with Crippen LogP contribution < -0.4 is 9.64 Å². The molecule has 0 aliphatic heterocycles. The maximum atomic E-state index is 14.1. The smallest absolute Gasteiger partial charge is 0.266 e. The Hall–Kier alpha value is -3.39. The number of hydrogen-bond donors (Lipinski definition) is 0. The molecule has 0 bridgehead atoms. The summed E-state index contributed by atoms with van der Waals surface area (Å²) in [5.74, 6) is 0.660. The molecule has 0 radical (unpaired) electrons. The number of halogens is 2. The van der Waals surface area contributed by atoms with Crippen LogP contribution in [0.3, 0.4) is 0 Å². The lowest BCUT2D eigenvalue weighted by Gasteiger charge is -2.20. The van der Waals surface area contributed by atoms with Crippen molar-refractivity contribution in [3.8, 4) is 17.0 Å². The first-order chi connectivity index (χ1) is 17.0. The van der Waals surface area contributed by atoms with Gasteiger partial charge in [-0.1, -0.05) is 88.2 Å². The predicted octanol–water partition coefficient (Wildman–Crippen LogP) is 7.42. The Morgan fingerprint density at radius 1 is 1.03 bits per heavy atom. The maximum absolute atomic E-state index is 14.1. The van der Waals surface area contributed by atoms with Crippen LogP contribution in [0.2, 0.25) is 10.0 Å². The fourth-order valence-electron chi connectivity index (χ4n) is 3.81. The van der Waals surface area contributed by atoms with Gasteiger partial charge in [-0.15, -0.1) is 0 Å². The number of carbonyl (C=O) groups is 1. The number of amides is 1. The van der Waals surface area contributed by atoms with Crippen molar-refractivity contribution in [2.75, 3.05) is 12.0 Å². The highest BCUT2D eigenvalue weighted by Gasteiger charge is 2.30. The van der Waals surface area contributed by atoms with E-state index in [2.05, 4.69) is 5.16 Å². The van der Waals surface area contributed by atoms with Gasteiger partial charge in [0.05, 0.1) is 28.4 Å². The molecule has 0 saturated heterocycles. The van der Waals surface area contributed by atoms with Crippen LogP contribution in [0.4, 0.5) is 5.13 Å². The van der Waals surface area contributed by atoms with Crippen molar-refractivity contribution in [1.29, 1.82) is 0 Å².